The smallest absolute Gasteiger partial charge is 0.422 e. The van der Waals surface area contributed by atoms with E-state index < -0.39 is 51.1 Å². The van der Waals surface area contributed by atoms with Crippen molar-refractivity contribution in [2.45, 2.75) is 64.6 Å². The Morgan fingerprint density at radius 2 is 1.45 bits per heavy atom. The van der Waals surface area contributed by atoms with E-state index in [0.717, 1.165) is 12.5 Å². The molecule has 0 fully saturated rings. The highest BCUT2D eigenvalue weighted by Crippen LogP contribution is 2.38. The Morgan fingerprint density at radius 1 is 0.857 bits per heavy atom. The third-order valence-electron chi connectivity index (χ3n) is 5.41. The van der Waals surface area contributed by atoms with Crippen LogP contribution in [0.1, 0.15) is 57.8 Å². The minimum atomic E-state index is -4.80. The van der Waals surface area contributed by atoms with E-state index in [-0.39, 0.29) is 36.0 Å². The van der Waals surface area contributed by atoms with Gasteiger partial charge in [0.15, 0.2) is 18.0 Å². The maximum Gasteiger partial charge on any atom is 0.422 e. The van der Waals surface area contributed by atoms with Crippen molar-refractivity contribution in [2.24, 2.45) is 0 Å². The Morgan fingerprint density at radius 3 is 2.02 bits per heavy atom. The zero-order valence-electron chi connectivity index (χ0n) is 24.1. The molecule has 230 valence electrons. The summed E-state index contributed by atoms with van der Waals surface area (Å²) in [6, 6.07) is 10.5. The van der Waals surface area contributed by atoms with Crippen LogP contribution in [0.3, 0.4) is 0 Å². The number of ether oxygens (including phenoxy) is 5. The predicted octanol–water partition coefficient (Wildman–Crippen LogP) is 4.17. The molecule has 0 heterocycles. The Bertz CT molecular complexity index is 1350. The highest BCUT2D eigenvalue weighted by atomic mass is 32.2. The van der Waals surface area contributed by atoms with Crippen LogP contribution >= 0.6 is 0 Å². The topological polar surface area (TPSA) is 173 Å². The van der Waals surface area contributed by atoms with E-state index in [1.165, 1.54) is 19.9 Å². The molecule has 42 heavy (non-hydrogen) atoms. The van der Waals surface area contributed by atoms with E-state index in [1.54, 1.807) is 48.9 Å². The number of carbonyl (C=O) groups is 4. The van der Waals surface area contributed by atoms with Crippen molar-refractivity contribution < 1.29 is 51.3 Å². The molecule has 2 atom stereocenters. The molecule has 0 aliphatic carbocycles. The van der Waals surface area contributed by atoms with Crippen molar-refractivity contribution in [2.75, 3.05) is 25.1 Å². The monoisotopic (exact) mass is 608 g/mol. The number of sulfonamides is 1. The molecule has 0 aliphatic rings. The van der Waals surface area contributed by atoms with Gasteiger partial charge in [-0.05, 0) is 58.4 Å². The number of benzene rings is 2. The number of carbonyl (C=O) groups excluding carboxylic acids is 4. The van der Waals surface area contributed by atoms with Crippen LogP contribution in [0.25, 0.3) is 0 Å². The molecule has 2 aromatic rings. The summed E-state index contributed by atoms with van der Waals surface area (Å²) in [6.45, 7) is 8.10. The molecule has 13 nitrogen and oxygen atoms in total. The van der Waals surface area contributed by atoms with E-state index in [1.807, 2.05) is 6.92 Å². The molecule has 2 aromatic carbocycles. The quantitative estimate of drug-likeness (QED) is 0.168. The second-order valence-electron chi connectivity index (χ2n) is 8.75. The van der Waals surface area contributed by atoms with Gasteiger partial charge >= 0.3 is 24.0 Å². The second-order valence-corrected chi connectivity index (χ2v) is 10.4. The third-order valence-corrected chi connectivity index (χ3v) is 6.73. The van der Waals surface area contributed by atoms with Crippen molar-refractivity contribution in [3.63, 3.8) is 0 Å². The van der Waals surface area contributed by atoms with Crippen LogP contribution in [-0.4, -0.2) is 64.4 Å². The van der Waals surface area contributed by atoms with Crippen molar-refractivity contribution >= 4 is 39.7 Å². The first-order valence-corrected chi connectivity index (χ1v) is 14.8. The lowest BCUT2D eigenvalue weighted by Crippen LogP contribution is -2.36. The van der Waals surface area contributed by atoms with E-state index >= 15 is 0 Å². The van der Waals surface area contributed by atoms with Crippen LogP contribution in [0, 0.1) is 0 Å². The summed E-state index contributed by atoms with van der Waals surface area (Å²) in [4.78, 5) is 48.8. The van der Waals surface area contributed by atoms with Crippen molar-refractivity contribution in [3.8, 4) is 11.5 Å². The number of rotatable bonds is 15. The predicted molar refractivity (Wildman–Crippen MR) is 151 cm³/mol. The first-order valence-electron chi connectivity index (χ1n) is 13.4. The van der Waals surface area contributed by atoms with Gasteiger partial charge in [0, 0.05) is 6.54 Å². The van der Waals surface area contributed by atoms with Gasteiger partial charge in [0.1, 0.15) is 10.6 Å². The molecule has 0 radical (unpaired) electrons. The number of esters is 3. The van der Waals surface area contributed by atoms with Crippen LogP contribution < -0.4 is 14.8 Å². The van der Waals surface area contributed by atoms with E-state index in [4.69, 9.17) is 23.7 Å². The van der Waals surface area contributed by atoms with Gasteiger partial charge in [-0.25, -0.2) is 32.3 Å². The Labute approximate surface area is 244 Å². The third kappa shape index (κ3) is 9.94. The molecule has 0 saturated heterocycles. The summed E-state index contributed by atoms with van der Waals surface area (Å²) in [5.41, 5.74) is -0.168. The largest absolute Gasteiger partial charge is 0.463 e. The summed E-state index contributed by atoms with van der Waals surface area (Å²) in [6.07, 6.45) is -2.66. The molecule has 2 unspecified atom stereocenters. The van der Waals surface area contributed by atoms with Gasteiger partial charge < -0.3 is 29.0 Å². The van der Waals surface area contributed by atoms with Gasteiger partial charge in [0.05, 0.1) is 24.5 Å². The molecule has 0 bridgehead atoms. The summed E-state index contributed by atoms with van der Waals surface area (Å²) >= 11 is 0. The lowest BCUT2D eigenvalue weighted by Gasteiger charge is -2.20. The number of amides is 1. The number of para-hydroxylation sites is 1. The highest BCUT2D eigenvalue weighted by Gasteiger charge is 2.31. The van der Waals surface area contributed by atoms with Gasteiger partial charge in [0.2, 0.25) is 0 Å². The SMILES string of the molecule is CCCCNc1cc(C(=O)OC(C)C(=O)OCC)cc(S(=O)(=O)NC(=O)OC(C)C(=O)OCC)c1Oc1ccccc1. The average Bonchev–Trinajstić information content (AvgIpc) is 2.94. The molecule has 1 amide bonds. The molecule has 2 N–H and O–H groups in total. The minimum Gasteiger partial charge on any atom is -0.463 e. The maximum atomic E-state index is 13.5. The van der Waals surface area contributed by atoms with Crippen LogP contribution in [-0.2, 0) is 38.6 Å². The normalized spacial score (nSPS) is 12.3. The molecule has 0 aromatic heterocycles. The summed E-state index contributed by atoms with van der Waals surface area (Å²) in [7, 11) is -4.80. The second kappa shape index (κ2) is 16.2. The Kier molecular flexibility index (Phi) is 13.1. The van der Waals surface area contributed by atoms with Gasteiger partial charge in [-0.3, -0.25) is 0 Å². The number of unbranched alkanes of at least 4 members (excludes halogenated alkanes) is 1. The van der Waals surface area contributed by atoms with Crippen molar-refractivity contribution in [1.29, 1.82) is 0 Å². The van der Waals surface area contributed by atoms with E-state index in [2.05, 4.69) is 5.32 Å². The maximum absolute atomic E-state index is 13.5. The lowest BCUT2D eigenvalue weighted by molar-refractivity contribution is -0.152. The van der Waals surface area contributed by atoms with Gasteiger partial charge in [-0.2, -0.15) is 0 Å². The zero-order chi connectivity index (χ0) is 31.3. The molecule has 14 heteroatoms. The number of hydrogen-bond donors (Lipinski definition) is 2. The van der Waals surface area contributed by atoms with Crippen molar-refractivity contribution in [3.05, 3.63) is 48.0 Å². The lowest BCUT2D eigenvalue weighted by atomic mass is 10.1. The van der Waals surface area contributed by atoms with Crippen LogP contribution in [0.5, 0.6) is 11.5 Å². The fourth-order valence-corrected chi connectivity index (χ4v) is 4.41. The number of anilines is 1. The van der Waals surface area contributed by atoms with Crippen LogP contribution in [0.2, 0.25) is 0 Å². The van der Waals surface area contributed by atoms with E-state index in [9.17, 15) is 27.6 Å². The molecular weight excluding hydrogens is 572 g/mol. The standard InChI is InChI=1S/C28H36N2O11S/c1-6-9-15-29-22-16-20(27(33)39-18(4)25(31)37-7-2)17-23(24(22)41-21-13-11-10-12-14-21)42(35,36)30-28(34)40-19(5)26(32)38-8-3/h10-14,16-19,29H,6-9,15H2,1-5H3,(H,30,34). The summed E-state index contributed by atoms with van der Waals surface area (Å²) in [5, 5.41) is 3.06. The van der Waals surface area contributed by atoms with Gasteiger partial charge in [-0.15, -0.1) is 0 Å². The Hall–Kier alpha value is -4.33. The first-order chi connectivity index (χ1) is 19.9. The zero-order valence-corrected chi connectivity index (χ0v) is 24.9. The fraction of sp³-hybridized carbons (Fsp3) is 0.429. The van der Waals surface area contributed by atoms with Crippen LogP contribution in [0.15, 0.2) is 47.4 Å². The highest BCUT2D eigenvalue weighted by molar-refractivity contribution is 7.90. The minimum absolute atomic E-state index is 0.0259. The van der Waals surface area contributed by atoms with Crippen LogP contribution in [0.4, 0.5) is 10.5 Å². The average molecular weight is 609 g/mol. The molecular formula is C28H36N2O11S. The molecule has 0 aliphatic heterocycles. The van der Waals surface area contributed by atoms with Gasteiger partial charge in [0.25, 0.3) is 10.0 Å². The fourth-order valence-electron chi connectivity index (χ4n) is 3.36. The first kappa shape index (κ1) is 33.9. The van der Waals surface area contributed by atoms with Crippen molar-refractivity contribution in [1.82, 2.24) is 4.72 Å². The summed E-state index contributed by atoms with van der Waals surface area (Å²) in [5.74, 6) is -2.66. The van der Waals surface area contributed by atoms with E-state index in [0.29, 0.717) is 13.0 Å². The number of hydrogen-bond acceptors (Lipinski definition) is 12. The molecule has 0 spiro atoms. The summed E-state index contributed by atoms with van der Waals surface area (Å²) < 4.78 is 54.5. The number of nitrogens with one attached hydrogen (secondary N) is 2. The molecule has 2 rings (SSSR count). The Balaban J connectivity index is 2.59. The molecule has 0 saturated carbocycles. The van der Waals surface area contributed by atoms with Gasteiger partial charge in [-0.1, -0.05) is 31.5 Å².